The largest absolute Gasteiger partial charge is 0.343 e. The molecule has 0 aromatic carbocycles. The summed E-state index contributed by atoms with van der Waals surface area (Å²) in [5.41, 5.74) is 1.33. The molecule has 3 rings (SSSR count). The van der Waals surface area contributed by atoms with Crippen molar-refractivity contribution in [2.24, 2.45) is 0 Å². The van der Waals surface area contributed by atoms with Gasteiger partial charge in [0.25, 0.3) is 5.91 Å². The summed E-state index contributed by atoms with van der Waals surface area (Å²) in [6, 6.07) is 3.38. The number of pyridine rings is 1. The van der Waals surface area contributed by atoms with Crippen LogP contribution in [0.15, 0.2) is 22.9 Å². The van der Waals surface area contributed by atoms with Crippen molar-refractivity contribution in [2.75, 3.05) is 13.1 Å². The van der Waals surface area contributed by atoms with Gasteiger partial charge in [0.2, 0.25) is 11.8 Å². The van der Waals surface area contributed by atoms with Gasteiger partial charge >= 0.3 is 0 Å². The minimum atomic E-state index is -0.208. The highest BCUT2D eigenvalue weighted by Crippen LogP contribution is 2.25. The van der Waals surface area contributed by atoms with E-state index in [4.69, 9.17) is 4.52 Å². The summed E-state index contributed by atoms with van der Waals surface area (Å²) in [7, 11) is 0. The van der Waals surface area contributed by atoms with E-state index in [9.17, 15) is 9.59 Å². The van der Waals surface area contributed by atoms with Crippen molar-refractivity contribution < 1.29 is 14.1 Å². The number of carbonyl (C=O) groups excluding carboxylic acids is 2. The summed E-state index contributed by atoms with van der Waals surface area (Å²) >= 11 is 0. The molecule has 132 valence electrons. The molecule has 0 aliphatic carbocycles. The van der Waals surface area contributed by atoms with Gasteiger partial charge in [-0.05, 0) is 31.9 Å². The number of rotatable bonds is 4. The van der Waals surface area contributed by atoms with Crippen LogP contribution in [0.25, 0.3) is 0 Å². The summed E-state index contributed by atoms with van der Waals surface area (Å²) in [6.45, 7) is 5.02. The van der Waals surface area contributed by atoms with E-state index in [1.165, 1.54) is 0 Å². The first-order chi connectivity index (χ1) is 12.0. The van der Waals surface area contributed by atoms with E-state index in [0.717, 1.165) is 18.5 Å². The lowest BCUT2D eigenvalue weighted by molar-refractivity contribution is -0.129. The first-order valence-corrected chi connectivity index (χ1v) is 8.32. The van der Waals surface area contributed by atoms with Gasteiger partial charge in [-0.3, -0.25) is 14.6 Å². The quantitative estimate of drug-likeness (QED) is 0.901. The van der Waals surface area contributed by atoms with E-state index in [2.05, 4.69) is 20.4 Å². The number of hydrogen-bond donors (Lipinski definition) is 1. The smallest absolute Gasteiger partial charge is 0.251 e. The topological polar surface area (TPSA) is 101 Å². The molecule has 1 saturated heterocycles. The van der Waals surface area contributed by atoms with Crippen LogP contribution >= 0.6 is 0 Å². The van der Waals surface area contributed by atoms with Crippen molar-refractivity contribution >= 4 is 11.8 Å². The summed E-state index contributed by atoms with van der Waals surface area (Å²) in [4.78, 5) is 33.8. The van der Waals surface area contributed by atoms with Crippen molar-refractivity contribution in [3.8, 4) is 0 Å². The Morgan fingerprint density at radius 3 is 2.80 bits per heavy atom. The van der Waals surface area contributed by atoms with Gasteiger partial charge in [-0.25, -0.2) is 0 Å². The number of nitrogens with zero attached hydrogens (tertiary/aromatic N) is 4. The van der Waals surface area contributed by atoms with E-state index in [1.54, 1.807) is 25.3 Å². The molecule has 8 heteroatoms. The first kappa shape index (κ1) is 17.1. The van der Waals surface area contributed by atoms with E-state index < -0.39 is 0 Å². The molecule has 0 unspecified atom stereocenters. The zero-order chi connectivity index (χ0) is 17.8. The molecular formula is C17H21N5O3. The average Bonchev–Trinajstić information content (AvgIpc) is 3.08. The second-order valence-corrected chi connectivity index (χ2v) is 6.20. The molecule has 0 spiro atoms. The summed E-state index contributed by atoms with van der Waals surface area (Å²) in [5.74, 6) is 1.10. The Morgan fingerprint density at radius 1 is 1.36 bits per heavy atom. The van der Waals surface area contributed by atoms with Gasteiger partial charge in [0, 0.05) is 43.4 Å². The molecule has 0 bridgehead atoms. The average molecular weight is 343 g/mol. The van der Waals surface area contributed by atoms with Crippen LogP contribution in [-0.2, 0) is 11.3 Å². The van der Waals surface area contributed by atoms with Crippen molar-refractivity contribution in [1.82, 2.24) is 25.3 Å². The molecule has 0 saturated carbocycles. The van der Waals surface area contributed by atoms with Gasteiger partial charge in [-0.15, -0.1) is 0 Å². The standard InChI is InChI=1S/C17H21N5O3/c1-11-9-14(3-6-18-11)17(24)19-10-15-20-16(21-25-15)13-4-7-22(8-5-13)12(2)23/h3,6,9,13H,4-5,7-8,10H2,1-2H3,(H,19,24). The Kier molecular flexibility index (Phi) is 5.06. The SMILES string of the molecule is CC(=O)N1CCC(c2noc(CNC(=O)c3ccnc(C)c3)n2)CC1. The molecule has 1 aliphatic heterocycles. The lowest BCUT2D eigenvalue weighted by atomic mass is 9.96. The van der Waals surface area contributed by atoms with Crippen LogP contribution in [0.5, 0.6) is 0 Å². The van der Waals surface area contributed by atoms with Gasteiger partial charge in [0.15, 0.2) is 5.82 Å². The summed E-state index contributed by atoms with van der Waals surface area (Å²) < 4.78 is 5.23. The van der Waals surface area contributed by atoms with Crippen LogP contribution in [0, 0.1) is 6.92 Å². The van der Waals surface area contributed by atoms with Crippen molar-refractivity contribution in [3.63, 3.8) is 0 Å². The van der Waals surface area contributed by atoms with Crippen molar-refractivity contribution in [3.05, 3.63) is 41.3 Å². The number of likely N-dealkylation sites (tertiary alicyclic amines) is 1. The number of carbonyl (C=O) groups is 2. The minimum absolute atomic E-state index is 0.0984. The van der Waals surface area contributed by atoms with Crippen LogP contribution in [0.1, 0.15) is 53.5 Å². The highest BCUT2D eigenvalue weighted by atomic mass is 16.5. The molecule has 1 N–H and O–H groups in total. The van der Waals surface area contributed by atoms with Gasteiger partial charge < -0.3 is 14.7 Å². The predicted octanol–water partition coefficient (Wildman–Crippen LogP) is 1.43. The third-order valence-corrected chi connectivity index (χ3v) is 4.35. The van der Waals surface area contributed by atoms with Gasteiger partial charge in [-0.2, -0.15) is 4.98 Å². The Hall–Kier alpha value is -2.77. The van der Waals surface area contributed by atoms with Gasteiger partial charge in [0.05, 0.1) is 6.54 Å². The van der Waals surface area contributed by atoms with Gasteiger partial charge in [0.1, 0.15) is 0 Å². The maximum absolute atomic E-state index is 12.1. The highest BCUT2D eigenvalue weighted by Gasteiger charge is 2.25. The fraction of sp³-hybridized carbons (Fsp3) is 0.471. The number of amides is 2. The Balaban J connectivity index is 1.54. The molecule has 0 radical (unpaired) electrons. The van der Waals surface area contributed by atoms with E-state index in [1.807, 2.05) is 11.8 Å². The molecular weight excluding hydrogens is 322 g/mol. The third-order valence-electron chi connectivity index (χ3n) is 4.35. The third kappa shape index (κ3) is 4.20. The molecule has 1 aliphatic rings. The molecule has 2 aromatic rings. The van der Waals surface area contributed by atoms with Crippen LogP contribution in [-0.4, -0.2) is 44.9 Å². The van der Waals surface area contributed by atoms with Crippen LogP contribution in [0.3, 0.4) is 0 Å². The molecule has 2 amide bonds. The monoisotopic (exact) mass is 343 g/mol. The summed E-state index contributed by atoms with van der Waals surface area (Å²) in [6.07, 6.45) is 3.24. The number of hydrogen-bond acceptors (Lipinski definition) is 6. The maximum atomic E-state index is 12.1. The van der Waals surface area contributed by atoms with Gasteiger partial charge in [-0.1, -0.05) is 5.16 Å². The molecule has 8 nitrogen and oxygen atoms in total. The van der Waals surface area contributed by atoms with Crippen LogP contribution in [0.2, 0.25) is 0 Å². The van der Waals surface area contributed by atoms with Crippen LogP contribution < -0.4 is 5.32 Å². The fourth-order valence-corrected chi connectivity index (χ4v) is 2.90. The number of piperidine rings is 1. The van der Waals surface area contributed by atoms with Crippen LogP contribution in [0.4, 0.5) is 0 Å². The lowest BCUT2D eigenvalue weighted by Crippen LogP contribution is -2.36. The Morgan fingerprint density at radius 2 is 2.12 bits per heavy atom. The van der Waals surface area contributed by atoms with E-state index >= 15 is 0 Å². The first-order valence-electron chi connectivity index (χ1n) is 8.32. The molecule has 1 fully saturated rings. The number of aromatic nitrogens is 3. The Labute approximate surface area is 145 Å². The molecule has 3 heterocycles. The summed E-state index contributed by atoms with van der Waals surface area (Å²) in [5, 5.41) is 6.79. The zero-order valence-corrected chi connectivity index (χ0v) is 14.4. The van der Waals surface area contributed by atoms with E-state index in [-0.39, 0.29) is 24.3 Å². The minimum Gasteiger partial charge on any atom is -0.343 e. The number of nitrogens with one attached hydrogen (secondary N) is 1. The van der Waals surface area contributed by atoms with E-state index in [0.29, 0.717) is 30.4 Å². The maximum Gasteiger partial charge on any atom is 0.251 e. The molecule has 25 heavy (non-hydrogen) atoms. The molecule has 2 aromatic heterocycles. The predicted molar refractivity (Wildman–Crippen MR) is 88.7 cm³/mol. The molecule has 0 atom stereocenters. The normalized spacial score (nSPS) is 15.2. The second kappa shape index (κ2) is 7.42. The lowest BCUT2D eigenvalue weighted by Gasteiger charge is -2.29. The zero-order valence-electron chi connectivity index (χ0n) is 14.4. The Bertz CT molecular complexity index is 765. The number of aryl methyl sites for hydroxylation is 1. The second-order valence-electron chi connectivity index (χ2n) is 6.20. The van der Waals surface area contributed by atoms with Crippen molar-refractivity contribution in [2.45, 2.75) is 39.2 Å². The highest BCUT2D eigenvalue weighted by molar-refractivity contribution is 5.94. The fourth-order valence-electron chi connectivity index (χ4n) is 2.90. The van der Waals surface area contributed by atoms with Crippen molar-refractivity contribution in [1.29, 1.82) is 0 Å².